The van der Waals surface area contributed by atoms with E-state index in [0.717, 1.165) is 18.8 Å². The van der Waals surface area contributed by atoms with Gasteiger partial charge in [-0.25, -0.2) is 0 Å². The Balaban J connectivity index is 2.82. The highest BCUT2D eigenvalue weighted by Gasteiger charge is 2.07. The van der Waals surface area contributed by atoms with Gasteiger partial charge in [-0.2, -0.15) is 0 Å². The van der Waals surface area contributed by atoms with Crippen molar-refractivity contribution in [3.63, 3.8) is 0 Å². The second-order valence-electron chi connectivity index (χ2n) is 4.25. The summed E-state index contributed by atoms with van der Waals surface area (Å²) in [6.45, 7) is 8.48. The second kappa shape index (κ2) is 5.49. The van der Waals surface area contributed by atoms with Crippen molar-refractivity contribution in [1.82, 2.24) is 4.98 Å². The second-order valence-corrected chi connectivity index (χ2v) is 4.25. The summed E-state index contributed by atoms with van der Waals surface area (Å²) in [4.78, 5) is 6.43. The molecule has 88 valence electrons. The third-order valence-electron chi connectivity index (χ3n) is 2.36. The fourth-order valence-corrected chi connectivity index (χ4v) is 1.59. The zero-order chi connectivity index (χ0) is 12.1. The number of anilines is 1. The Morgan fingerprint density at radius 3 is 2.56 bits per heavy atom. The van der Waals surface area contributed by atoms with Crippen LogP contribution in [0.4, 0.5) is 5.69 Å². The Kier molecular flexibility index (Phi) is 4.28. The van der Waals surface area contributed by atoms with Gasteiger partial charge in [-0.3, -0.25) is 10.4 Å². The van der Waals surface area contributed by atoms with E-state index >= 15 is 0 Å². The predicted molar refractivity (Wildman–Crippen MR) is 68.0 cm³/mol. The molecule has 4 nitrogen and oxygen atoms in total. The first-order valence-corrected chi connectivity index (χ1v) is 5.60. The lowest BCUT2D eigenvalue weighted by Gasteiger charge is -2.24. The summed E-state index contributed by atoms with van der Waals surface area (Å²) in [5, 5.41) is 7.27. The predicted octanol–water partition coefficient (Wildman–Crippen LogP) is 1.85. The van der Waals surface area contributed by atoms with Crippen LogP contribution in [0.5, 0.6) is 0 Å². The van der Waals surface area contributed by atoms with Gasteiger partial charge in [0.05, 0.1) is 11.9 Å². The molecule has 0 bridgehead atoms. The summed E-state index contributed by atoms with van der Waals surface area (Å²) in [7, 11) is 0. The van der Waals surface area contributed by atoms with Crippen LogP contribution in [0.15, 0.2) is 18.3 Å². The van der Waals surface area contributed by atoms with E-state index < -0.39 is 0 Å². The van der Waals surface area contributed by atoms with Crippen LogP contribution in [0.2, 0.25) is 0 Å². The first kappa shape index (κ1) is 12.5. The third kappa shape index (κ3) is 3.22. The number of pyridine rings is 1. The molecule has 0 aliphatic heterocycles. The zero-order valence-electron chi connectivity index (χ0n) is 10.2. The molecule has 1 aromatic heterocycles. The molecule has 3 N–H and O–H groups in total. The monoisotopic (exact) mass is 220 g/mol. The van der Waals surface area contributed by atoms with E-state index in [1.807, 2.05) is 6.07 Å². The molecule has 0 radical (unpaired) electrons. The Morgan fingerprint density at radius 2 is 2.19 bits per heavy atom. The van der Waals surface area contributed by atoms with Gasteiger partial charge >= 0.3 is 0 Å². The minimum atomic E-state index is 0.0125. The number of nitrogens with zero attached hydrogens (tertiary/aromatic N) is 2. The number of rotatable bonds is 5. The number of aromatic nitrogens is 1. The van der Waals surface area contributed by atoms with Gasteiger partial charge in [-0.05, 0) is 25.0 Å². The van der Waals surface area contributed by atoms with Gasteiger partial charge in [0.25, 0.3) is 0 Å². The average Bonchev–Trinajstić information content (AvgIpc) is 2.25. The Morgan fingerprint density at radius 1 is 1.50 bits per heavy atom. The fourth-order valence-electron chi connectivity index (χ4n) is 1.59. The molecule has 0 amide bonds. The van der Waals surface area contributed by atoms with E-state index in [0.29, 0.717) is 11.6 Å². The Labute approximate surface area is 97.0 Å². The molecule has 0 spiro atoms. The van der Waals surface area contributed by atoms with Crippen LogP contribution in [-0.4, -0.2) is 23.9 Å². The maximum atomic E-state index is 7.27. The first-order chi connectivity index (χ1) is 7.54. The fraction of sp³-hybridized carbons (Fsp3) is 0.500. The number of hydrogen-bond donors (Lipinski definition) is 2. The molecule has 1 rings (SSSR count). The number of amidine groups is 1. The number of nitrogen functional groups attached to an aromatic ring is 1. The average molecular weight is 220 g/mol. The maximum absolute atomic E-state index is 7.27. The standard InChI is InChI=1S/C12H20N4/c1-4-16(8-9(2)3)10-5-6-11(12(13)14)15-7-10/h5-7,9H,4,8H2,1-3H3,(H3,13,14). The van der Waals surface area contributed by atoms with Crippen molar-refractivity contribution in [2.75, 3.05) is 18.0 Å². The van der Waals surface area contributed by atoms with Gasteiger partial charge in [0, 0.05) is 13.1 Å². The van der Waals surface area contributed by atoms with Crippen LogP contribution in [0, 0.1) is 11.3 Å². The lowest BCUT2D eigenvalue weighted by atomic mass is 10.2. The normalized spacial score (nSPS) is 10.5. The quantitative estimate of drug-likeness (QED) is 0.588. The molecule has 16 heavy (non-hydrogen) atoms. The van der Waals surface area contributed by atoms with E-state index in [9.17, 15) is 0 Å². The van der Waals surface area contributed by atoms with Crippen LogP contribution in [0.1, 0.15) is 26.5 Å². The van der Waals surface area contributed by atoms with Gasteiger partial charge < -0.3 is 10.6 Å². The smallest absolute Gasteiger partial charge is 0.141 e. The third-order valence-corrected chi connectivity index (χ3v) is 2.36. The Hall–Kier alpha value is -1.58. The highest BCUT2D eigenvalue weighted by Crippen LogP contribution is 2.14. The minimum absolute atomic E-state index is 0.0125. The lowest BCUT2D eigenvalue weighted by molar-refractivity contribution is 0.618. The van der Waals surface area contributed by atoms with Crippen LogP contribution in [0.3, 0.4) is 0 Å². The van der Waals surface area contributed by atoms with E-state index in [2.05, 4.69) is 30.7 Å². The number of nitrogens with one attached hydrogen (secondary N) is 1. The number of hydrogen-bond acceptors (Lipinski definition) is 3. The van der Waals surface area contributed by atoms with Crippen LogP contribution < -0.4 is 10.6 Å². The van der Waals surface area contributed by atoms with Gasteiger partial charge in [0.15, 0.2) is 0 Å². The van der Waals surface area contributed by atoms with Crippen molar-refractivity contribution in [3.05, 3.63) is 24.0 Å². The number of nitrogens with two attached hydrogens (primary N) is 1. The van der Waals surface area contributed by atoms with Crippen molar-refractivity contribution in [2.24, 2.45) is 11.7 Å². The van der Waals surface area contributed by atoms with Gasteiger partial charge in [0.2, 0.25) is 0 Å². The molecule has 0 saturated heterocycles. The molecule has 0 unspecified atom stereocenters. The first-order valence-electron chi connectivity index (χ1n) is 5.60. The molecule has 0 aliphatic rings. The van der Waals surface area contributed by atoms with Crippen molar-refractivity contribution in [2.45, 2.75) is 20.8 Å². The molecule has 0 saturated carbocycles. The summed E-state index contributed by atoms with van der Waals surface area (Å²) in [5.41, 5.74) is 6.98. The van der Waals surface area contributed by atoms with E-state index in [4.69, 9.17) is 11.1 Å². The van der Waals surface area contributed by atoms with Crippen LogP contribution in [-0.2, 0) is 0 Å². The van der Waals surface area contributed by atoms with Gasteiger partial charge in [0.1, 0.15) is 11.5 Å². The molecule has 1 aromatic rings. The summed E-state index contributed by atoms with van der Waals surface area (Å²) in [6, 6.07) is 3.76. The van der Waals surface area contributed by atoms with Crippen molar-refractivity contribution in [3.8, 4) is 0 Å². The van der Waals surface area contributed by atoms with Crippen molar-refractivity contribution < 1.29 is 0 Å². The molecule has 0 aromatic carbocycles. The highest BCUT2D eigenvalue weighted by atomic mass is 15.1. The van der Waals surface area contributed by atoms with Crippen LogP contribution in [0.25, 0.3) is 0 Å². The summed E-state index contributed by atoms with van der Waals surface area (Å²) < 4.78 is 0. The summed E-state index contributed by atoms with van der Waals surface area (Å²) >= 11 is 0. The SMILES string of the molecule is CCN(CC(C)C)c1ccc(C(=N)N)nc1. The molecule has 1 heterocycles. The van der Waals surface area contributed by atoms with Gasteiger partial charge in [-0.1, -0.05) is 13.8 Å². The van der Waals surface area contributed by atoms with E-state index in [-0.39, 0.29) is 5.84 Å². The van der Waals surface area contributed by atoms with Crippen molar-refractivity contribution in [1.29, 1.82) is 5.41 Å². The van der Waals surface area contributed by atoms with E-state index in [1.54, 1.807) is 12.3 Å². The summed E-state index contributed by atoms with van der Waals surface area (Å²) in [6.07, 6.45) is 1.78. The molecular weight excluding hydrogens is 200 g/mol. The molecule has 0 fully saturated rings. The molecular formula is C12H20N4. The Bertz CT molecular complexity index is 343. The highest BCUT2D eigenvalue weighted by molar-refractivity contribution is 5.93. The lowest BCUT2D eigenvalue weighted by Crippen LogP contribution is -2.27. The van der Waals surface area contributed by atoms with Gasteiger partial charge in [-0.15, -0.1) is 0 Å². The molecule has 4 heteroatoms. The van der Waals surface area contributed by atoms with Crippen molar-refractivity contribution >= 4 is 11.5 Å². The molecule has 0 atom stereocenters. The topological polar surface area (TPSA) is 66.0 Å². The molecule has 0 aliphatic carbocycles. The minimum Gasteiger partial charge on any atom is -0.382 e. The summed E-state index contributed by atoms with van der Waals surface area (Å²) in [5.74, 6) is 0.630. The van der Waals surface area contributed by atoms with E-state index in [1.165, 1.54) is 0 Å². The maximum Gasteiger partial charge on any atom is 0.141 e. The zero-order valence-corrected chi connectivity index (χ0v) is 10.2. The largest absolute Gasteiger partial charge is 0.382 e. The van der Waals surface area contributed by atoms with Crippen LogP contribution >= 0.6 is 0 Å².